The number of hydrogen-bond acceptors (Lipinski definition) is 0. The first-order chi connectivity index (χ1) is 22.1. The van der Waals surface area contributed by atoms with Crippen LogP contribution in [0.2, 0.25) is 0 Å². The third-order valence-electron chi connectivity index (χ3n) is 10.0. The van der Waals surface area contributed by atoms with Crippen molar-refractivity contribution < 1.29 is 0 Å². The molecule has 1 aliphatic rings. The zero-order valence-electron chi connectivity index (χ0n) is 25.5. The van der Waals surface area contributed by atoms with Gasteiger partial charge in [0.1, 0.15) is 0 Å². The maximum Gasteiger partial charge on any atom is 0.0159 e. The quantitative estimate of drug-likeness (QED) is 0.185. The molecule has 0 bridgehead atoms. The summed E-state index contributed by atoms with van der Waals surface area (Å²) in [5.41, 5.74) is 13.1. The van der Waals surface area contributed by atoms with E-state index < -0.39 is 0 Å². The Kier molecular flexibility index (Phi) is 5.64. The molecule has 0 nitrogen and oxygen atoms in total. The smallest absolute Gasteiger partial charge is 0.0159 e. The van der Waals surface area contributed by atoms with Gasteiger partial charge in [0.05, 0.1) is 0 Å². The number of fused-ring (bicyclic) bond motifs is 6. The van der Waals surface area contributed by atoms with Gasteiger partial charge >= 0.3 is 0 Å². The van der Waals surface area contributed by atoms with Crippen LogP contribution in [-0.2, 0) is 5.41 Å². The molecule has 8 aromatic rings. The molecule has 8 aromatic carbocycles. The van der Waals surface area contributed by atoms with Crippen molar-refractivity contribution in [1.82, 2.24) is 0 Å². The molecule has 0 radical (unpaired) electrons. The van der Waals surface area contributed by atoms with Crippen molar-refractivity contribution in [1.29, 1.82) is 0 Å². The predicted molar refractivity (Wildman–Crippen MR) is 193 cm³/mol. The zero-order chi connectivity index (χ0) is 30.1. The molecule has 0 atom stereocenters. The molecule has 0 N–H and O–H groups in total. The third kappa shape index (κ3) is 3.85. The van der Waals surface area contributed by atoms with Crippen LogP contribution in [0.15, 0.2) is 158 Å². The van der Waals surface area contributed by atoms with Gasteiger partial charge in [0.15, 0.2) is 0 Å². The number of hydrogen-bond donors (Lipinski definition) is 0. The topological polar surface area (TPSA) is 0 Å². The Balaban J connectivity index is 1.45. The van der Waals surface area contributed by atoms with Crippen molar-refractivity contribution in [2.24, 2.45) is 0 Å². The summed E-state index contributed by atoms with van der Waals surface area (Å²) in [7, 11) is 0. The molecule has 0 saturated carbocycles. The van der Waals surface area contributed by atoms with Gasteiger partial charge in [-0.3, -0.25) is 0 Å². The maximum atomic E-state index is 2.43. The summed E-state index contributed by atoms with van der Waals surface area (Å²) < 4.78 is 0. The molecule has 45 heavy (non-hydrogen) atoms. The summed E-state index contributed by atoms with van der Waals surface area (Å²) in [6.07, 6.45) is 0. The Morgan fingerprint density at radius 2 is 0.956 bits per heavy atom. The molecule has 0 heterocycles. The van der Waals surface area contributed by atoms with Gasteiger partial charge < -0.3 is 0 Å². The molecule has 0 fully saturated rings. The molecular weight excluding hydrogens is 540 g/mol. The summed E-state index contributed by atoms with van der Waals surface area (Å²) in [6, 6.07) is 58.4. The molecule has 0 spiro atoms. The summed E-state index contributed by atoms with van der Waals surface area (Å²) >= 11 is 0. The minimum absolute atomic E-state index is 0.0617. The van der Waals surface area contributed by atoms with Crippen LogP contribution >= 0.6 is 0 Å². The van der Waals surface area contributed by atoms with E-state index in [0.29, 0.717) is 0 Å². The minimum Gasteiger partial charge on any atom is -0.0622 e. The molecule has 212 valence electrons. The lowest BCUT2D eigenvalue weighted by Crippen LogP contribution is -2.14. The van der Waals surface area contributed by atoms with Crippen LogP contribution in [0.25, 0.3) is 76.8 Å². The van der Waals surface area contributed by atoms with Crippen LogP contribution < -0.4 is 0 Å². The van der Waals surface area contributed by atoms with Gasteiger partial charge in [0, 0.05) is 5.41 Å². The summed E-state index contributed by atoms with van der Waals surface area (Å²) in [6.45, 7) is 4.74. The average Bonchev–Trinajstić information content (AvgIpc) is 3.33. The van der Waals surface area contributed by atoms with E-state index in [1.165, 1.54) is 88.0 Å². The van der Waals surface area contributed by atoms with Crippen molar-refractivity contribution in [3.63, 3.8) is 0 Å². The van der Waals surface area contributed by atoms with Crippen LogP contribution in [0.5, 0.6) is 0 Å². The van der Waals surface area contributed by atoms with E-state index in [4.69, 9.17) is 0 Å². The molecule has 0 unspecified atom stereocenters. The predicted octanol–water partition coefficient (Wildman–Crippen LogP) is 12.5. The van der Waals surface area contributed by atoms with Crippen LogP contribution in [0.1, 0.15) is 25.0 Å². The van der Waals surface area contributed by atoms with Crippen molar-refractivity contribution >= 4 is 32.3 Å². The zero-order valence-corrected chi connectivity index (χ0v) is 25.5. The molecule has 0 aliphatic heterocycles. The molecule has 9 rings (SSSR count). The van der Waals surface area contributed by atoms with Crippen molar-refractivity contribution in [3.05, 3.63) is 169 Å². The Labute approximate surface area is 264 Å². The van der Waals surface area contributed by atoms with Gasteiger partial charge in [-0.15, -0.1) is 0 Å². The van der Waals surface area contributed by atoms with Gasteiger partial charge in [-0.05, 0) is 100 Å². The summed E-state index contributed by atoms with van der Waals surface area (Å²) in [4.78, 5) is 0. The van der Waals surface area contributed by atoms with E-state index in [-0.39, 0.29) is 5.41 Å². The SMILES string of the molecule is CC1(C)c2ccccc2-c2c(-c3c4ccccc4c(-c4ccc5ccccc5c4)c4ccc(-c5ccccc5)cc34)cccc21. The second-order valence-electron chi connectivity index (χ2n) is 12.9. The molecule has 0 aromatic heterocycles. The normalized spacial score (nSPS) is 13.3. The number of benzene rings is 8. The van der Waals surface area contributed by atoms with E-state index in [0.717, 1.165) is 0 Å². The molecule has 0 heteroatoms. The monoisotopic (exact) mass is 572 g/mol. The van der Waals surface area contributed by atoms with E-state index in [2.05, 4.69) is 172 Å². The van der Waals surface area contributed by atoms with Crippen LogP contribution in [0, 0.1) is 0 Å². The highest BCUT2D eigenvalue weighted by Crippen LogP contribution is 2.54. The first kappa shape index (κ1) is 26.0. The van der Waals surface area contributed by atoms with Gasteiger partial charge in [0.2, 0.25) is 0 Å². The highest BCUT2D eigenvalue weighted by Gasteiger charge is 2.37. The van der Waals surface area contributed by atoms with Crippen LogP contribution in [0.4, 0.5) is 0 Å². The van der Waals surface area contributed by atoms with E-state index in [9.17, 15) is 0 Å². The van der Waals surface area contributed by atoms with Crippen molar-refractivity contribution in [2.45, 2.75) is 19.3 Å². The minimum atomic E-state index is -0.0617. The van der Waals surface area contributed by atoms with E-state index >= 15 is 0 Å². The summed E-state index contributed by atoms with van der Waals surface area (Å²) in [5.74, 6) is 0. The summed E-state index contributed by atoms with van der Waals surface area (Å²) in [5, 5.41) is 7.66. The lowest BCUT2D eigenvalue weighted by atomic mass is 9.80. The third-order valence-corrected chi connectivity index (χ3v) is 10.0. The Morgan fingerprint density at radius 3 is 1.80 bits per heavy atom. The van der Waals surface area contributed by atoms with E-state index in [1.807, 2.05) is 0 Å². The van der Waals surface area contributed by atoms with Gasteiger partial charge in [0.25, 0.3) is 0 Å². The van der Waals surface area contributed by atoms with Crippen LogP contribution in [0.3, 0.4) is 0 Å². The van der Waals surface area contributed by atoms with Gasteiger partial charge in [-0.1, -0.05) is 159 Å². The second-order valence-corrected chi connectivity index (χ2v) is 12.9. The lowest BCUT2D eigenvalue weighted by molar-refractivity contribution is 0.660. The lowest BCUT2D eigenvalue weighted by Gasteiger charge is -2.23. The average molecular weight is 573 g/mol. The fourth-order valence-electron chi connectivity index (χ4n) is 7.90. The highest BCUT2D eigenvalue weighted by atomic mass is 14.4. The van der Waals surface area contributed by atoms with Gasteiger partial charge in [-0.2, -0.15) is 0 Å². The Hall–Kier alpha value is -5.46. The molecular formula is C45H32. The fraction of sp³-hybridized carbons (Fsp3) is 0.0667. The molecule has 1 aliphatic carbocycles. The standard InChI is InChI=1S/C45H32/c1-45(2)40-21-11-10-19-37(40)44-38(20-12-22-41(44)45)43-35-18-9-8-17-34(35)42(33-24-23-30-15-6-7-16-31(30)27-33)36-26-25-32(28-39(36)43)29-13-4-3-5-14-29/h3-28H,1-2H3. The van der Waals surface area contributed by atoms with Crippen LogP contribution in [-0.4, -0.2) is 0 Å². The number of rotatable bonds is 3. The molecule has 0 saturated heterocycles. The van der Waals surface area contributed by atoms with E-state index in [1.54, 1.807) is 0 Å². The molecule has 0 amide bonds. The van der Waals surface area contributed by atoms with Gasteiger partial charge in [-0.25, -0.2) is 0 Å². The fourth-order valence-corrected chi connectivity index (χ4v) is 7.90. The Morgan fingerprint density at radius 1 is 0.333 bits per heavy atom. The highest BCUT2D eigenvalue weighted by molar-refractivity contribution is 6.23. The Bertz CT molecular complexity index is 2440. The second kappa shape index (κ2) is 9.78. The largest absolute Gasteiger partial charge is 0.0622 e. The first-order valence-corrected chi connectivity index (χ1v) is 15.9. The first-order valence-electron chi connectivity index (χ1n) is 15.9. The maximum absolute atomic E-state index is 2.43. The van der Waals surface area contributed by atoms with Crippen molar-refractivity contribution in [3.8, 4) is 44.5 Å². The van der Waals surface area contributed by atoms with Crippen molar-refractivity contribution in [2.75, 3.05) is 0 Å².